The topological polar surface area (TPSA) is 63.8 Å². The number of thiocarbonyl (C=S) groups is 1. The molecule has 0 aliphatic heterocycles. The normalized spacial score (nSPS) is 11.2. The van der Waals surface area contributed by atoms with Crippen LogP contribution in [0.15, 0.2) is 30.5 Å². The molecular weight excluding hydrogens is 301 g/mol. The molecule has 21 heavy (non-hydrogen) atoms. The van der Waals surface area contributed by atoms with E-state index in [9.17, 15) is 13.2 Å². The lowest BCUT2D eigenvalue weighted by atomic mass is 10.2. The van der Waals surface area contributed by atoms with Crippen molar-refractivity contribution in [2.24, 2.45) is 5.73 Å². The van der Waals surface area contributed by atoms with Crippen LogP contribution in [0.1, 0.15) is 17.0 Å². The first-order valence-electron chi connectivity index (χ1n) is 5.85. The van der Waals surface area contributed by atoms with E-state index in [-0.39, 0.29) is 16.4 Å². The van der Waals surface area contributed by atoms with E-state index < -0.39 is 11.9 Å². The van der Waals surface area contributed by atoms with Crippen LogP contribution in [-0.4, -0.2) is 15.0 Å². The molecule has 0 aromatic carbocycles. The summed E-state index contributed by atoms with van der Waals surface area (Å²) in [6, 6.07) is 5.37. The summed E-state index contributed by atoms with van der Waals surface area (Å²) in [6.45, 7) is 1.72. The average molecular weight is 312 g/mol. The van der Waals surface area contributed by atoms with E-state index in [4.69, 9.17) is 18.0 Å². The number of aryl methyl sites for hydroxylation is 1. The number of pyridine rings is 2. The maximum Gasteiger partial charge on any atom is 0.433 e. The number of nitrogens with two attached hydrogens (primary N) is 1. The standard InChI is InChI=1S/C13H11F3N4S/c1-7-9(3-2-6-18-7)19-12-8(11(17)21)4-5-10(20-12)13(14,15)16/h2-6H,1H3,(H2,17,21)(H,19,20). The van der Waals surface area contributed by atoms with Crippen LogP contribution in [0.25, 0.3) is 0 Å². The molecule has 0 unspecified atom stereocenters. The van der Waals surface area contributed by atoms with Crippen molar-refractivity contribution in [3.05, 3.63) is 47.4 Å². The molecule has 0 fully saturated rings. The summed E-state index contributed by atoms with van der Waals surface area (Å²) in [4.78, 5) is 7.57. The summed E-state index contributed by atoms with van der Waals surface area (Å²) in [5.74, 6) is -0.0478. The van der Waals surface area contributed by atoms with Crippen LogP contribution >= 0.6 is 12.2 Å². The van der Waals surface area contributed by atoms with Gasteiger partial charge >= 0.3 is 6.18 Å². The van der Waals surface area contributed by atoms with Crippen LogP contribution in [-0.2, 0) is 6.18 Å². The van der Waals surface area contributed by atoms with Gasteiger partial charge in [0.2, 0.25) is 0 Å². The zero-order chi connectivity index (χ0) is 15.6. The second-order valence-corrected chi connectivity index (χ2v) is 4.66. The molecule has 0 aliphatic carbocycles. The molecular formula is C13H11F3N4S. The van der Waals surface area contributed by atoms with Gasteiger partial charge in [0.25, 0.3) is 0 Å². The SMILES string of the molecule is Cc1ncccc1Nc1nc(C(F)(F)F)ccc1C(N)=S. The van der Waals surface area contributed by atoms with Crippen LogP contribution in [0.4, 0.5) is 24.7 Å². The van der Waals surface area contributed by atoms with Gasteiger partial charge in [0.05, 0.1) is 16.9 Å². The third-order valence-electron chi connectivity index (χ3n) is 2.71. The zero-order valence-electron chi connectivity index (χ0n) is 10.9. The van der Waals surface area contributed by atoms with Crippen molar-refractivity contribution >= 4 is 28.7 Å². The largest absolute Gasteiger partial charge is 0.433 e. The third kappa shape index (κ3) is 3.46. The molecule has 0 saturated carbocycles. The number of aromatic nitrogens is 2. The molecule has 2 heterocycles. The monoisotopic (exact) mass is 312 g/mol. The van der Waals surface area contributed by atoms with Gasteiger partial charge in [0.1, 0.15) is 16.5 Å². The molecule has 0 atom stereocenters. The first-order valence-corrected chi connectivity index (χ1v) is 6.26. The molecule has 4 nitrogen and oxygen atoms in total. The Balaban J connectivity index is 2.49. The predicted octanol–water partition coefficient (Wildman–Crippen LogP) is 3.18. The van der Waals surface area contributed by atoms with Crippen molar-refractivity contribution in [2.75, 3.05) is 5.32 Å². The van der Waals surface area contributed by atoms with Crippen molar-refractivity contribution in [3.63, 3.8) is 0 Å². The number of rotatable bonds is 3. The van der Waals surface area contributed by atoms with Gasteiger partial charge in [-0.05, 0) is 31.2 Å². The smallest absolute Gasteiger partial charge is 0.389 e. The fourth-order valence-corrected chi connectivity index (χ4v) is 1.82. The van der Waals surface area contributed by atoms with E-state index in [2.05, 4.69) is 15.3 Å². The quantitative estimate of drug-likeness (QED) is 0.852. The van der Waals surface area contributed by atoms with Gasteiger partial charge in [-0.15, -0.1) is 0 Å². The lowest BCUT2D eigenvalue weighted by Gasteiger charge is -2.14. The molecule has 0 bridgehead atoms. The van der Waals surface area contributed by atoms with E-state index in [0.717, 1.165) is 6.07 Å². The van der Waals surface area contributed by atoms with Crippen molar-refractivity contribution in [3.8, 4) is 0 Å². The molecule has 0 saturated heterocycles. The highest BCUT2D eigenvalue weighted by molar-refractivity contribution is 7.80. The van der Waals surface area contributed by atoms with Crippen LogP contribution in [0, 0.1) is 6.92 Å². The Kier molecular flexibility index (Phi) is 4.08. The van der Waals surface area contributed by atoms with Crippen molar-refractivity contribution < 1.29 is 13.2 Å². The maximum absolute atomic E-state index is 12.8. The molecule has 2 rings (SSSR count). The van der Waals surface area contributed by atoms with Gasteiger partial charge in [0, 0.05) is 6.20 Å². The minimum atomic E-state index is -4.55. The molecule has 8 heteroatoms. The Morgan fingerprint density at radius 3 is 2.57 bits per heavy atom. The predicted molar refractivity (Wildman–Crippen MR) is 77.4 cm³/mol. The lowest BCUT2D eigenvalue weighted by Crippen LogP contribution is -2.16. The van der Waals surface area contributed by atoms with Crippen molar-refractivity contribution in [1.29, 1.82) is 0 Å². The fourth-order valence-electron chi connectivity index (χ4n) is 1.66. The lowest BCUT2D eigenvalue weighted by molar-refractivity contribution is -0.141. The number of anilines is 2. The van der Waals surface area contributed by atoms with Gasteiger partial charge < -0.3 is 11.1 Å². The van der Waals surface area contributed by atoms with E-state index in [1.165, 1.54) is 6.07 Å². The van der Waals surface area contributed by atoms with E-state index in [0.29, 0.717) is 11.4 Å². The molecule has 2 aromatic rings. The second-order valence-electron chi connectivity index (χ2n) is 4.22. The van der Waals surface area contributed by atoms with E-state index in [1.54, 1.807) is 25.3 Å². The molecule has 3 N–H and O–H groups in total. The van der Waals surface area contributed by atoms with Gasteiger partial charge in [-0.25, -0.2) is 4.98 Å². The van der Waals surface area contributed by atoms with E-state index >= 15 is 0 Å². The summed E-state index contributed by atoms with van der Waals surface area (Å²) < 4.78 is 38.3. The van der Waals surface area contributed by atoms with Crippen LogP contribution in [0.5, 0.6) is 0 Å². The Bertz CT molecular complexity index is 685. The molecule has 0 spiro atoms. The first-order chi connectivity index (χ1) is 9.79. The van der Waals surface area contributed by atoms with Crippen molar-refractivity contribution in [2.45, 2.75) is 13.1 Å². The van der Waals surface area contributed by atoms with Gasteiger partial charge in [0.15, 0.2) is 0 Å². The Morgan fingerprint density at radius 2 is 2.00 bits per heavy atom. The maximum atomic E-state index is 12.8. The summed E-state index contributed by atoms with van der Waals surface area (Å²) in [7, 11) is 0. The van der Waals surface area contributed by atoms with E-state index in [1.807, 2.05) is 0 Å². The average Bonchev–Trinajstić information content (AvgIpc) is 2.40. The number of alkyl halides is 3. The summed E-state index contributed by atoms with van der Waals surface area (Å²) in [5, 5.41) is 2.79. The minimum Gasteiger partial charge on any atom is -0.389 e. The highest BCUT2D eigenvalue weighted by Gasteiger charge is 2.33. The number of nitrogens with one attached hydrogen (secondary N) is 1. The summed E-state index contributed by atoms with van der Waals surface area (Å²) >= 11 is 4.84. The Hall–Kier alpha value is -2.22. The number of hydrogen-bond donors (Lipinski definition) is 2. The fraction of sp³-hybridized carbons (Fsp3) is 0.154. The molecule has 0 radical (unpaired) electrons. The molecule has 0 aliphatic rings. The summed E-state index contributed by atoms with van der Waals surface area (Å²) in [5.41, 5.74) is 5.88. The number of halogens is 3. The van der Waals surface area contributed by atoms with Crippen LogP contribution < -0.4 is 11.1 Å². The zero-order valence-corrected chi connectivity index (χ0v) is 11.7. The number of hydrogen-bond acceptors (Lipinski definition) is 4. The van der Waals surface area contributed by atoms with Crippen LogP contribution in [0.3, 0.4) is 0 Å². The minimum absolute atomic E-state index is 0.0414. The van der Waals surface area contributed by atoms with Gasteiger partial charge in [-0.2, -0.15) is 13.2 Å². The molecule has 2 aromatic heterocycles. The Morgan fingerprint density at radius 1 is 1.29 bits per heavy atom. The molecule has 0 amide bonds. The second kappa shape index (κ2) is 5.65. The summed E-state index contributed by atoms with van der Waals surface area (Å²) in [6.07, 6.45) is -2.97. The highest BCUT2D eigenvalue weighted by atomic mass is 32.1. The highest BCUT2D eigenvalue weighted by Crippen LogP contribution is 2.30. The number of nitrogens with zero attached hydrogens (tertiary/aromatic N) is 2. The van der Waals surface area contributed by atoms with Crippen LogP contribution in [0.2, 0.25) is 0 Å². The van der Waals surface area contributed by atoms with Gasteiger partial charge in [-0.3, -0.25) is 4.98 Å². The molecule has 110 valence electrons. The van der Waals surface area contributed by atoms with Crippen molar-refractivity contribution in [1.82, 2.24) is 9.97 Å². The first kappa shape index (κ1) is 15.2. The van der Waals surface area contributed by atoms with Gasteiger partial charge in [-0.1, -0.05) is 12.2 Å². The Labute approximate surface area is 124 Å². The third-order valence-corrected chi connectivity index (χ3v) is 2.93.